The zero-order valence-electron chi connectivity index (χ0n) is 15.9. The number of benzene rings is 1. The predicted octanol–water partition coefficient (Wildman–Crippen LogP) is 2.78. The molecule has 0 aromatic heterocycles. The number of ether oxygens (including phenoxy) is 1. The lowest BCUT2D eigenvalue weighted by atomic mass is 9.99. The third-order valence-electron chi connectivity index (χ3n) is 5.70. The standard InChI is InChI=1S/C21H30N2O3/c1-3-16-6-4-5-13-23(16)21(25)19-14-18(19)20(24)22-12-11-15-7-9-17(26-2)10-8-15/h7-10,16,18-19H,3-6,11-14H2,1-2H3,(H,22,24). The topological polar surface area (TPSA) is 58.6 Å². The number of nitrogens with one attached hydrogen (secondary N) is 1. The largest absolute Gasteiger partial charge is 0.497 e. The van der Waals surface area contributed by atoms with Gasteiger partial charge in [-0.25, -0.2) is 0 Å². The molecule has 1 aromatic carbocycles. The van der Waals surface area contributed by atoms with E-state index in [2.05, 4.69) is 12.2 Å². The van der Waals surface area contributed by atoms with Crippen molar-refractivity contribution in [1.29, 1.82) is 0 Å². The molecule has 5 heteroatoms. The van der Waals surface area contributed by atoms with Gasteiger partial charge in [0, 0.05) is 19.1 Å². The maximum atomic E-state index is 12.7. The fourth-order valence-electron chi connectivity index (χ4n) is 3.94. The highest BCUT2D eigenvalue weighted by molar-refractivity contribution is 5.92. The summed E-state index contributed by atoms with van der Waals surface area (Å²) >= 11 is 0. The van der Waals surface area contributed by atoms with Crippen LogP contribution >= 0.6 is 0 Å². The fraction of sp³-hybridized carbons (Fsp3) is 0.619. The van der Waals surface area contributed by atoms with Crippen molar-refractivity contribution in [1.82, 2.24) is 10.2 Å². The van der Waals surface area contributed by atoms with Gasteiger partial charge in [-0.1, -0.05) is 19.1 Å². The summed E-state index contributed by atoms with van der Waals surface area (Å²) in [5.41, 5.74) is 1.16. The Kier molecular flexibility index (Phi) is 6.17. The second kappa shape index (κ2) is 8.56. The SMILES string of the molecule is CCC1CCCCN1C(=O)C1CC1C(=O)NCCc1ccc(OC)cc1. The van der Waals surface area contributed by atoms with Crippen molar-refractivity contribution < 1.29 is 14.3 Å². The Hall–Kier alpha value is -2.04. The number of nitrogens with zero attached hydrogens (tertiary/aromatic N) is 1. The van der Waals surface area contributed by atoms with Crippen LogP contribution in [-0.2, 0) is 16.0 Å². The lowest BCUT2D eigenvalue weighted by Crippen LogP contribution is -2.44. The number of hydrogen-bond donors (Lipinski definition) is 1. The van der Waals surface area contributed by atoms with Gasteiger partial charge in [0.05, 0.1) is 18.9 Å². The minimum absolute atomic E-state index is 0.0296. The lowest BCUT2D eigenvalue weighted by Gasteiger charge is -2.35. The van der Waals surface area contributed by atoms with Gasteiger partial charge in [0.1, 0.15) is 5.75 Å². The molecule has 1 aliphatic heterocycles. The summed E-state index contributed by atoms with van der Waals surface area (Å²) in [4.78, 5) is 27.1. The normalized spacial score (nSPS) is 24.8. The summed E-state index contributed by atoms with van der Waals surface area (Å²) in [5, 5.41) is 2.99. The van der Waals surface area contributed by atoms with E-state index in [4.69, 9.17) is 4.74 Å². The molecular formula is C21H30N2O3. The van der Waals surface area contributed by atoms with Crippen LogP contribution in [0.3, 0.4) is 0 Å². The van der Waals surface area contributed by atoms with E-state index in [0.717, 1.165) is 43.5 Å². The van der Waals surface area contributed by atoms with Gasteiger partial charge in [-0.15, -0.1) is 0 Å². The summed E-state index contributed by atoms with van der Waals surface area (Å²) in [6.45, 7) is 3.61. The van der Waals surface area contributed by atoms with Crippen LogP contribution in [0.15, 0.2) is 24.3 Å². The molecule has 3 atom stereocenters. The number of amides is 2. The highest BCUT2D eigenvalue weighted by Crippen LogP contribution is 2.41. The first-order chi connectivity index (χ1) is 12.6. The molecule has 1 aromatic rings. The molecule has 3 unspecified atom stereocenters. The van der Waals surface area contributed by atoms with Crippen LogP contribution in [0.1, 0.15) is 44.6 Å². The van der Waals surface area contributed by atoms with Crippen LogP contribution in [0, 0.1) is 11.8 Å². The molecule has 1 saturated carbocycles. The molecule has 1 heterocycles. The van der Waals surface area contributed by atoms with E-state index in [0.29, 0.717) is 19.0 Å². The number of piperidine rings is 1. The first-order valence-electron chi connectivity index (χ1n) is 9.85. The first-order valence-corrected chi connectivity index (χ1v) is 9.85. The van der Waals surface area contributed by atoms with Crippen LogP contribution in [0.4, 0.5) is 0 Å². The molecule has 1 aliphatic carbocycles. The van der Waals surface area contributed by atoms with Crippen molar-refractivity contribution in [3.05, 3.63) is 29.8 Å². The van der Waals surface area contributed by atoms with Gasteiger partial charge in [-0.3, -0.25) is 9.59 Å². The quantitative estimate of drug-likeness (QED) is 0.815. The third-order valence-corrected chi connectivity index (χ3v) is 5.70. The monoisotopic (exact) mass is 358 g/mol. The molecule has 26 heavy (non-hydrogen) atoms. The van der Waals surface area contributed by atoms with E-state index in [1.807, 2.05) is 29.2 Å². The van der Waals surface area contributed by atoms with Crippen LogP contribution in [0.25, 0.3) is 0 Å². The van der Waals surface area contributed by atoms with Gasteiger partial charge in [0.2, 0.25) is 11.8 Å². The molecule has 142 valence electrons. The minimum atomic E-state index is -0.127. The van der Waals surface area contributed by atoms with E-state index < -0.39 is 0 Å². The molecule has 5 nitrogen and oxygen atoms in total. The maximum absolute atomic E-state index is 12.7. The zero-order valence-corrected chi connectivity index (χ0v) is 15.9. The van der Waals surface area contributed by atoms with Gasteiger partial charge in [0.15, 0.2) is 0 Å². The van der Waals surface area contributed by atoms with Crippen LogP contribution in [0.2, 0.25) is 0 Å². The Morgan fingerprint density at radius 1 is 1.19 bits per heavy atom. The average Bonchev–Trinajstić information content (AvgIpc) is 3.49. The molecule has 3 rings (SSSR count). The van der Waals surface area contributed by atoms with Crippen LogP contribution in [0.5, 0.6) is 5.75 Å². The highest BCUT2D eigenvalue weighted by atomic mass is 16.5. The predicted molar refractivity (Wildman–Crippen MR) is 101 cm³/mol. The minimum Gasteiger partial charge on any atom is -0.497 e. The van der Waals surface area contributed by atoms with Gasteiger partial charge >= 0.3 is 0 Å². The third kappa shape index (κ3) is 4.37. The zero-order chi connectivity index (χ0) is 18.5. The molecule has 0 bridgehead atoms. The van der Waals surface area contributed by atoms with Crippen molar-refractivity contribution in [2.45, 2.75) is 51.5 Å². The van der Waals surface area contributed by atoms with Gasteiger partial charge < -0.3 is 15.0 Å². The van der Waals surface area contributed by atoms with Gasteiger partial charge in [-0.2, -0.15) is 0 Å². The highest BCUT2D eigenvalue weighted by Gasteiger charge is 2.50. The molecule has 1 N–H and O–H groups in total. The Morgan fingerprint density at radius 2 is 1.96 bits per heavy atom. The second-order valence-electron chi connectivity index (χ2n) is 7.43. The Balaban J connectivity index is 1.42. The van der Waals surface area contributed by atoms with Crippen molar-refractivity contribution in [2.24, 2.45) is 11.8 Å². The summed E-state index contributed by atoms with van der Waals surface area (Å²) in [7, 11) is 1.65. The molecule has 2 amide bonds. The number of carbonyl (C=O) groups excluding carboxylic acids is 2. The van der Waals surface area contributed by atoms with Gasteiger partial charge in [-0.05, 0) is 56.2 Å². The maximum Gasteiger partial charge on any atom is 0.226 e. The number of likely N-dealkylation sites (tertiary alicyclic amines) is 1. The number of methoxy groups -OCH3 is 1. The summed E-state index contributed by atoms with van der Waals surface area (Å²) in [6.07, 6.45) is 5.91. The molecule has 2 fully saturated rings. The van der Waals surface area contributed by atoms with E-state index >= 15 is 0 Å². The molecule has 1 saturated heterocycles. The average molecular weight is 358 g/mol. The Bertz CT molecular complexity index is 629. The lowest BCUT2D eigenvalue weighted by molar-refractivity contribution is -0.138. The summed E-state index contributed by atoms with van der Waals surface area (Å²) < 4.78 is 5.15. The fourth-order valence-corrected chi connectivity index (χ4v) is 3.94. The Morgan fingerprint density at radius 3 is 2.65 bits per heavy atom. The van der Waals surface area contributed by atoms with Gasteiger partial charge in [0.25, 0.3) is 0 Å². The summed E-state index contributed by atoms with van der Waals surface area (Å²) in [6, 6.07) is 8.24. The number of rotatable bonds is 7. The number of hydrogen-bond acceptors (Lipinski definition) is 3. The van der Waals surface area contributed by atoms with Crippen LogP contribution < -0.4 is 10.1 Å². The van der Waals surface area contributed by atoms with E-state index in [-0.39, 0.29) is 23.7 Å². The molecule has 0 spiro atoms. The van der Waals surface area contributed by atoms with Crippen LogP contribution in [-0.4, -0.2) is 43.0 Å². The van der Waals surface area contributed by atoms with E-state index in [1.54, 1.807) is 7.11 Å². The van der Waals surface area contributed by atoms with Crippen molar-refractivity contribution in [3.63, 3.8) is 0 Å². The second-order valence-corrected chi connectivity index (χ2v) is 7.43. The molecular weight excluding hydrogens is 328 g/mol. The first kappa shape index (κ1) is 18.7. The smallest absolute Gasteiger partial charge is 0.226 e. The molecule has 2 aliphatic rings. The van der Waals surface area contributed by atoms with Crippen molar-refractivity contribution in [2.75, 3.05) is 20.2 Å². The summed E-state index contributed by atoms with van der Waals surface area (Å²) in [5.74, 6) is 0.843. The Labute approximate surface area is 156 Å². The van der Waals surface area contributed by atoms with Crippen molar-refractivity contribution >= 4 is 11.8 Å². The molecule has 0 radical (unpaired) electrons. The number of carbonyl (C=O) groups is 2. The van der Waals surface area contributed by atoms with E-state index in [9.17, 15) is 9.59 Å². The van der Waals surface area contributed by atoms with Crippen molar-refractivity contribution in [3.8, 4) is 5.75 Å². The van der Waals surface area contributed by atoms with E-state index in [1.165, 1.54) is 6.42 Å².